The largest absolute Gasteiger partial charge is 0.481 e. The molecule has 1 aliphatic heterocycles. The van der Waals surface area contributed by atoms with Crippen LogP contribution >= 0.6 is 0 Å². The Morgan fingerprint density at radius 1 is 1.25 bits per heavy atom. The number of benzene rings is 1. The van der Waals surface area contributed by atoms with Gasteiger partial charge >= 0.3 is 0 Å². The van der Waals surface area contributed by atoms with Crippen LogP contribution in [0.2, 0.25) is 0 Å². The third-order valence-corrected chi connectivity index (χ3v) is 4.92. The average Bonchev–Trinajstić information content (AvgIpc) is 3.16. The van der Waals surface area contributed by atoms with E-state index in [1.54, 1.807) is 31.2 Å². The Kier molecular flexibility index (Phi) is 5.18. The van der Waals surface area contributed by atoms with Gasteiger partial charge in [-0.2, -0.15) is 5.10 Å². The molecule has 1 aromatic carbocycles. The molecule has 148 valence electrons. The lowest BCUT2D eigenvalue weighted by Crippen LogP contribution is -2.39. The number of aryl methyl sites for hydroxylation is 2. The molecule has 28 heavy (non-hydrogen) atoms. The van der Waals surface area contributed by atoms with E-state index in [1.807, 2.05) is 0 Å². The molecule has 1 N–H and O–H groups in total. The fourth-order valence-electron chi connectivity index (χ4n) is 3.40. The number of ether oxygens (including phenoxy) is 3. The molecule has 0 saturated carbocycles. The van der Waals surface area contributed by atoms with Crippen molar-refractivity contribution in [3.63, 3.8) is 0 Å². The van der Waals surface area contributed by atoms with Gasteiger partial charge in [-0.25, -0.2) is 4.68 Å². The van der Waals surface area contributed by atoms with Crippen molar-refractivity contribution in [2.24, 2.45) is 0 Å². The number of fused-ring (bicyclic) bond motifs is 2. The van der Waals surface area contributed by atoms with Crippen LogP contribution in [0.4, 0.5) is 0 Å². The van der Waals surface area contributed by atoms with E-state index in [0.29, 0.717) is 30.3 Å². The molecule has 2 aromatic rings. The first kappa shape index (κ1) is 18.3. The molecule has 4 rings (SSSR count). The fourth-order valence-corrected chi connectivity index (χ4v) is 3.40. The summed E-state index contributed by atoms with van der Waals surface area (Å²) in [7, 11) is 0. The van der Waals surface area contributed by atoms with Gasteiger partial charge in [0.2, 0.25) is 6.79 Å². The van der Waals surface area contributed by atoms with Crippen LogP contribution in [0, 0.1) is 0 Å². The number of amides is 1. The molecule has 0 bridgehead atoms. The van der Waals surface area contributed by atoms with Gasteiger partial charge in [-0.3, -0.25) is 9.59 Å². The van der Waals surface area contributed by atoms with Crippen LogP contribution in [-0.2, 0) is 24.2 Å². The van der Waals surface area contributed by atoms with E-state index in [0.717, 1.165) is 36.9 Å². The molecule has 2 aliphatic rings. The van der Waals surface area contributed by atoms with E-state index in [9.17, 15) is 9.59 Å². The smallest absolute Gasteiger partial charge is 0.267 e. The van der Waals surface area contributed by atoms with Crippen molar-refractivity contribution < 1.29 is 19.0 Å². The van der Waals surface area contributed by atoms with Gasteiger partial charge in [0, 0.05) is 18.7 Å². The molecule has 1 unspecified atom stereocenters. The number of carbonyl (C=O) groups excluding carboxylic acids is 1. The lowest BCUT2D eigenvalue weighted by atomic mass is 9.97. The second-order valence-electron chi connectivity index (χ2n) is 6.95. The molecule has 1 aliphatic carbocycles. The predicted molar refractivity (Wildman–Crippen MR) is 101 cm³/mol. The summed E-state index contributed by atoms with van der Waals surface area (Å²) in [6.07, 6.45) is 3.35. The summed E-state index contributed by atoms with van der Waals surface area (Å²) in [6.45, 7) is 2.49. The Labute approximate surface area is 162 Å². The Morgan fingerprint density at radius 3 is 2.96 bits per heavy atom. The Balaban J connectivity index is 1.30. The van der Waals surface area contributed by atoms with Gasteiger partial charge in [-0.05, 0) is 50.3 Å². The van der Waals surface area contributed by atoms with E-state index in [1.165, 1.54) is 4.68 Å². The zero-order chi connectivity index (χ0) is 19.5. The van der Waals surface area contributed by atoms with Gasteiger partial charge in [0.25, 0.3) is 11.5 Å². The van der Waals surface area contributed by atoms with Crippen LogP contribution in [0.1, 0.15) is 31.0 Å². The summed E-state index contributed by atoms with van der Waals surface area (Å²) < 4.78 is 17.7. The number of rotatable bonds is 6. The van der Waals surface area contributed by atoms with Gasteiger partial charge < -0.3 is 19.5 Å². The van der Waals surface area contributed by atoms with E-state index in [2.05, 4.69) is 10.4 Å². The SMILES string of the molecule is CC(Oc1ccc2c(c1)OCO2)C(=O)NCCn1nc2c(cc1=O)CCCC2. The fraction of sp³-hybridized carbons (Fsp3) is 0.450. The van der Waals surface area contributed by atoms with Crippen molar-refractivity contribution in [2.45, 2.75) is 45.3 Å². The van der Waals surface area contributed by atoms with Crippen molar-refractivity contribution in [3.8, 4) is 17.2 Å². The quantitative estimate of drug-likeness (QED) is 0.809. The standard InChI is InChI=1S/C20H23N3O5/c1-13(28-15-6-7-17-18(11-15)27-12-26-17)20(25)21-8-9-23-19(24)10-14-4-2-3-5-16(14)22-23/h6-7,10-11,13H,2-5,8-9,12H2,1H3,(H,21,25). The molecule has 2 heterocycles. The molecule has 1 atom stereocenters. The highest BCUT2D eigenvalue weighted by Crippen LogP contribution is 2.35. The molecular weight excluding hydrogens is 362 g/mol. The Morgan fingerprint density at radius 2 is 2.07 bits per heavy atom. The van der Waals surface area contributed by atoms with Crippen LogP contribution in [-0.4, -0.2) is 35.1 Å². The normalized spacial score (nSPS) is 15.6. The molecule has 8 heteroatoms. The minimum Gasteiger partial charge on any atom is -0.481 e. The van der Waals surface area contributed by atoms with Crippen LogP contribution < -0.4 is 25.1 Å². The third-order valence-electron chi connectivity index (χ3n) is 4.92. The minimum atomic E-state index is -0.686. The number of nitrogens with one attached hydrogen (secondary N) is 1. The Hall–Kier alpha value is -3.03. The molecule has 1 amide bonds. The minimum absolute atomic E-state index is 0.125. The van der Waals surface area contributed by atoms with Crippen LogP contribution in [0.25, 0.3) is 0 Å². The highest BCUT2D eigenvalue weighted by atomic mass is 16.7. The van der Waals surface area contributed by atoms with Crippen molar-refractivity contribution in [1.29, 1.82) is 0 Å². The third kappa shape index (κ3) is 3.95. The Bertz CT molecular complexity index is 940. The summed E-state index contributed by atoms with van der Waals surface area (Å²) in [6, 6.07) is 6.85. The molecular formula is C20H23N3O5. The van der Waals surface area contributed by atoms with E-state index >= 15 is 0 Å². The maximum atomic E-state index is 12.3. The first-order valence-corrected chi connectivity index (χ1v) is 9.54. The average molecular weight is 385 g/mol. The number of nitrogens with zero attached hydrogens (tertiary/aromatic N) is 2. The van der Waals surface area contributed by atoms with Crippen molar-refractivity contribution >= 4 is 5.91 Å². The molecule has 0 fully saturated rings. The molecule has 8 nitrogen and oxygen atoms in total. The number of hydrogen-bond donors (Lipinski definition) is 1. The zero-order valence-electron chi connectivity index (χ0n) is 15.8. The van der Waals surface area contributed by atoms with E-state index in [4.69, 9.17) is 14.2 Å². The topological polar surface area (TPSA) is 91.7 Å². The lowest BCUT2D eigenvalue weighted by Gasteiger charge is -2.17. The number of hydrogen-bond acceptors (Lipinski definition) is 6. The second kappa shape index (κ2) is 7.92. The van der Waals surface area contributed by atoms with Crippen molar-refractivity contribution in [3.05, 3.63) is 45.9 Å². The van der Waals surface area contributed by atoms with Crippen molar-refractivity contribution in [1.82, 2.24) is 15.1 Å². The second-order valence-corrected chi connectivity index (χ2v) is 6.95. The maximum Gasteiger partial charge on any atom is 0.267 e. The maximum absolute atomic E-state index is 12.3. The van der Waals surface area contributed by atoms with E-state index < -0.39 is 6.10 Å². The highest BCUT2D eigenvalue weighted by molar-refractivity contribution is 5.80. The van der Waals surface area contributed by atoms with Gasteiger partial charge in [0.05, 0.1) is 12.2 Å². The van der Waals surface area contributed by atoms with Crippen molar-refractivity contribution in [2.75, 3.05) is 13.3 Å². The molecule has 0 radical (unpaired) electrons. The summed E-state index contributed by atoms with van der Waals surface area (Å²) in [4.78, 5) is 24.5. The first-order valence-electron chi connectivity index (χ1n) is 9.54. The van der Waals surface area contributed by atoms with Gasteiger partial charge in [-0.15, -0.1) is 0 Å². The van der Waals surface area contributed by atoms with Crippen LogP contribution in [0.5, 0.6) is 17.2 Å². The molecule has 0 spiro atoms. The number of carbonyl (C=O) groups is 1. The highest BCUT2D eigenvalue weighted by Gasteiger charge is 2.18. The summed E-state index contributed by atoms with van der Waals surface area (Å²) in [5.41, 5.74) is 1.93. The summed E-state index contributed by atoms with van der Waals surface area (Å²) >= 11 is 0. The molecule has 1 aromatic heterocycles. The zero-order valence-corrected chi connectivity index (χ0v) is 15.8. The predicted octanol–water partition coefficient (Wildman–Crippen LogP) is 1.43. The monoisotopic (exact) mass is 385 g/mol. The lowest BCUT2D eigenvalue weighted by molar-refractivity contribution is -0.127. The van der Waals surface area contributed by atoms with Crippen LogP contribution in [0.3, 0.4) is 0 Å². The first-order chi connectivity index (χ1) is 13.6. The van der Waals surface area contributed by atoms with E-state index in [-0.39, 0.29) is 18.3 Å². The molecule has 0 saturated heterocycles. The number of aromatic nitrogens is 2. The summed E-state index contributed by atoms with van der Waals surface area (Å²) in [5, 5.41) is 7.24. The van der Waals surface area contributed by atoms with Gasteiger partial charge in [0.15, 0.2) is 17.6 Å². The van der Waals surface area contributed by atoms with Gasteiger partial charge in [0.1, 0.15) is 5.75 Å². The van der Waals surface area contributed by atoms with Crippen LogP contribution in [0.15, 0.2) is 29.1 Å². The van der Waals surface area contributed by atoms with Gasteiger partial charge in [-0.1, -0.05) is 0 Å². The summed E-state index contributed by atoms with van der Waals surface area (Å²) in [5.74, 6) is 1.53.